The summed E-state index contributed by atoms with van der Waals surface area (Å²) < 4.78 is 43.1. The van der Waals surface area contributed by atoms with Crippen molar-refractivity contribution in [2.24, 2.45) is 0 Å². The number of alkyl halides is 3. The molecule has 8 heteroatoms. The van der Waals surface area contributed by atoms with Gasteiger partial charge < -0.3 is 9.84 Å². The molecule has 21 heavy (non-hydrogen) atoms. The predicted molar refractivity (Wildman–Crippen MR) is 72.2 cm³/mol. The van der Waals surface area contributed by atoms with E-state index >= 15 is 0 Å². The van der Waals surface area contributed by atoms with Crippen molar-refractivity contribution in [2.45, 2.75) is 18.5 Å². The van der Waals surface area contributed by atoms with E-state index in [1.165, 1.54) is 12.1 Å². The first-order valence-electron chi connectivity index (χ1n) is 6.26. The van der Waals surface area contributed by atoms with E-state index in [0.717, 1.165) is 31.6 Å². The van der Waals surface area contributed by atoms with Gasteiger partial charge in [0, 0.05) is 12.1 Å². The normalized spacial score (nSPS) is 18.5. The van der Waals surface area contributed by atoms with Gasteiger partial charge in [0.05, 0.1) is 11.5 Å². The molecule has 0 spiro atoms. The lowest BCUT2D eigenvalue weighted by Gasteiger charge is -2.06. The van der Waals surface area contributed by atoms with Crippen molar-refractivity contribution in [3.05, 3.63) is 35.7 Å². The van der Waals surface area contributed by atoms with Crippen LogP contribution in [0.2, 0.25) is 0 Å². The highest BCUT2D eigenvalue weighted by molar-refractivity contribution is 5.85. The molecule has 1 fully saturated rings. The van der Waals surface area contributed by atoms with Crippen molar-refractivity contribution in [2.75, 3.05) is 13.1 Å². The molecule has 1 aromatic heterocycles. The van der Waals surface area contributed by atoms with Gasteiger partial charge in [-0.3, -0.25) is 0 Å². The smallest absolute Gasteiger partial charge is 0.339 e. The summed E-state index contributed by atoms with van der Waals surface area (Å²) in [5, 5.41) is 6.95. The second-order valence-electron chi connectivity index (χ2n) is 4.72. The minimum absolute atomic E-state index is 0. The summed E-state index contributed by atoms with van der Waals surface area (Å²) in [7, 11) is 0. The summed E-state index contributed by atoms with van der Waals surface area (Å²) in [6, 6.07) is 4.93. The van der Waals surface area contributed by atoms with Crippen LogP contribution in [0.15, 0.2) is 28.8 Å². The number of aromatic nitrogens is 2. The van der Waals surface area contributed by atoms with Gasteiger partial charge in [-0.05, 0) is 25.1 Å². The molecule has 1 aliphatic rings. The molecule has 1 aromatic carbocycles. The first-order chi connectivity index (χ1) is 9.54. The molecular weight excluding hydrogens is 307 g/mol. The average Bonchev–Trinajstić information content (AvgIpc) is 3.09. The molecule has 0 unspecified atom stereocenters. The van der Waals surface area contributed by atoms with Crippen LogP contribution in [0.3, 0.4) is 0 Å². The van der Waals surface area contributed by atoms with Crippen molar-refractivity contribution in [3.8, 4) is 11.4 Å². The van der Waals surface area contributed by atoms with E-state index in [1.54, 1.807) is 0 Å². The van der Waals surface area contributed by atoms with Crippen LogP contribution in [0.4, 0.5) is 13.2 Å². The first-order valence-corrected chi connectivity index (χ1v) is 6.26. The zero-order chi connectivity index (χ0) is 14.2. The van der Waals surface area contributed by atoms with Gasteiger partial charge in [0.15, 0.2) is 0 Å². The van der Waals surface area contributed by atoms with Crippen molar-refractivity contribution in [3.63, 3.8) is 0 Å². The first kappa shape index (κ1) is 15.8. The van der Waals surface area contributed by atoms with Gasteiger partial charge in [-0.1, -0.05) is 17.3 Å². The van der Waals surface area contributed by atoms with E-state index in [1.807, 2.05) is 0 Å². The number of hydrogen-bond donors (Lipinski definition) is 1. The molecule has 1 aliphatic heterocycles. The zero-order valence-corrected chi connectivity index (χ0v) is 11.7. The van der Waals surface area contributed by atoms with Crippen molar-refractivity contribution in [1.82, 2.24) is 15.5 Å². The number of hydrogen-bond acceptors (Lipinski definition) is 4. The Bertz CT molecular complexity index is 609. The largest absolute Gasteiger partial charge is 0.416 e. The monoisotopic (exact) mass is 319 g/mol. The molecule has 1 atom stereocenters. The second-order valence-corrected chi connectivity index (χ2v) is 4.72. The van der Waals surface area contributed by atoms with Crippen LogP contribution >= 0.6 is 12.4 Å². The zero-order valence-electron chi connectivity index (χ0n) is 10.9. The number of halogens is 4. The van der Waals surface area contributed by atoms with Crippen LogP contribution < -0.4 is 5.32 Å². The number of rotatable bonds is 2. The molecule has 0 radical (unpaired) electrons. The van der Waals surface area contributed by atoms with Gasteiger partial charge in [-0.25, -0.2) is 0 Å². The SMILES string of the molecule is Cl.FC(F)(F)c1cccc(-c2noc([C@@H]3CCNC3)n2)c1. The molecule has 2 aromatic rings. The molecule has 0 aliphatic carbocycles. The lowest BCUT2D eigenvalue weighted by molar-refractivity contribution is -0.137. The molecule has 2 heterocycles. The van der Waals surface area contributed by atoms with Crippen LogP contribution in [0.25, 0.3) is 11.4 Å². The highest BCUT2D eigenvalue weighted by Crippen LogP contribution is 2.32. The maximum Gasteiger partial charge on any atom is 0.416 e. The van der Waals surface area contributed by atoms with Gasteiger partial charge in [0.1, 0.15) is 0 Å². The van der Waals surface area contributed by atoms with Gasteiger partial charge in [-0.15, -0.1) is 12.4 Å². The van der Waals surface area contributed by atoms with E-state index in [2.05, 4.69) is 15.5 Å². The molecule has 0 bridgehead atoms. The number of benzene rings is 1. The number of nitrogens with zero attached hydrogens (tertiary/aromatic N) is 2. The minimum atomic E-state index is -4.38. The van der Waals surface area contributed by atoms with Crippen LogP contribution in [0.5, 0.6) is 0 Å². The molecule has 114 valence electrons. The Kier molecular flexibility index (Phi) is 4.53. The summed E-state index contributed by atoms with van der Waals surface area (Å²) in [5.41, 5.74) is -0.412. The Hall–Kier alpha value is -1.60. The van der Waals surface area contributed by atoms with E-state index in [4.69, 9.17) is 4.52 Å². The quantitative estimate of drug-likeness (QED) is 0.923. The summed E-state index contributed by atoms with van der Waals surface area (Å²) in [5.74, 6) is 0.808. The third-order valence-electron chi connectivity index (χ3n) is 3.30. The maximum absolute atomic E-state index is 12.7. The minimum Gasteiger partial charge on any atom is -0.339 e. The maximum atomic E-state index is 12.7. The van der Waals surface area contributed by atoms with E-state index < -0.39 is 11.7 Å². The van der Waals surface area contributed by atoms with Gasteiger partial charge in [-0.2, -0.15) is 18.2 Å². The van der Waals surface area contributed by atoms with Crippen LogP contribution in [0, 0.1) is 0 Å². The molecule has 4 nitrogen and oxygen atoms in total. The molecular formula is C13H13ClF3N3O. The summed E-state index contributed by atoms with van der Waals surface area (Å²) in [4.78, 5) is 4.20. The van der Waals surface area contributed by atoms with Crippen molar-refractivity contribution < 1.29 is 17.7 Å². The molecule has 3 rings (SSSR count). The summed E-state index contributed by atoms with van der Waals surface area (Å²) in [6.45, 7) is 1.64. The third kappa shape index (κ3) is 3.36. The van der Waals surface area contributed by atoms with Crippen molar-refractivity contribution in [1.29, 1.82) is 0 Å². The highest BCUT2D eigenvalue weighted by Gasteiger charge is 2.31. The number of nitrogens with one attached hydrogen (secondary N) is 1. The van der Waals surface area contributed by atoms with Gasteiger partial charge >= 0.3 is 6.18 Å². The van der Waals surface area contributed by atoms with Crippen LogP contribution in [0.1, 0.15) is 23.8 Å². The standard InChI is InChI=1S/C13H12F3N3O.ClH/c14-13(15,16)10-3-1-2-8(6-10)11-18-12(20-19-11)9-4-5-17-7-9;/h1-3,6,9,17H,4-5,7H2;1H/t9-;/m1./s1. The Morgan fingerprint density at radius 2 is 2.10 bits per heavy atom. The predicted octanol–water partition coefficient (Wildman–Crippen LogP) is 3.25. The second kappa shape index (κ2) is 6.03. The Balaban J connectivity index is 0.00000161. The Labute approximate surface area is 125 Å². The van der Waals surface area contributed by atoms with Gasteiger partial charge in [0.2, 0.25) is 11.7 Å². The molecule has 1 N–H and O–H groups in total. The molecule has 1 saturated heterocycles. The van der Waals surface area contributed by atoms with Crippen LogP contribution in [-0.2, 0) is 6.18 Å². The lowest BCUT2D eigenvalue weighted by atomic mass is 10.1. The Morgan fingerprint density at radius 1 is 1.29 bits per heavy atom. The van der Waals surface area contributed by atoms with Crippen LogP contribution in [-0.4, -0.2) is 23.2 Å². The van der Waals surface area contributed by atoms with Crippen molar-refractivity contribution >= 4 is 12.4 Å². The van der Waals surface area contributed by atoms with E-state index in [0.29, 0.717) is 11.5 Å². The van der Waals surface area contributed by atoms with E-state index in [-0.39, 0.29) is 24.1 Å². The van der Waals surface area contributed by atoms with E-state index in [9.17, 15) is 13.2 Å². The fraction of sp³-hybridized carbons (Fsp3) is 0.385. The average molecular weight is 320 g/mol. The molecule has 0 saturated carbocycles. The summed E-state index contributed by atoms with van der Waals surface area (Å²) >= 11 is 0. The lowest BCUT2D eigenvalue weighted by Crippen LogP contribution is -2.08. The Morgan fingerprint density at radius 3 is 2.76 bits per heavy atom. The fourth-order valence-electron chi connectivity index (χ4n) is 2.22. The topological polar surface area (TPSA) is 51.0 Å². The fourth-order valence-corrected chi connectivity index (χ4v) is 2.22. The third-order valence-corrected chi connectivity index (χ3v) is 3.30. The van der Waals surface area contributed by atoms with Gasteiger partial charge in [0.25, 0.3) is 0 Å². The summed E-state index contributed by atoms with van der Waals surface area (Å²) in [6.07, 6.45) is -3.48. The highest BCUT2D eigenvalue weighted by atomic mass is 35.5. The molecule has 0 amide bonds.